The molecular weight excluding hydrogens is 410 g/mol. The Bertz CT molecular complexity index is 1330. The van der Waals surface area contributed by atoms with Gasteiger partial charge in [-0.05, 0) is 65.6 Å². The monoisotopic (exact) mass is 431 g/mol. The predicted molar refractivity (Wildman–Crippen MR) is 124 cm³/mol. The van der Waals surface area contributed by atoms with E-state index in [0.717, 1.165) is 41.9 Å². The van der Waals surface area contributed by atoms with Crippen molar-refractivity contribution in [2.24, 2.45) is 0 Å². The molecule has 0 amide bonds. The molecule has 5 rings (SSSR count). The van der Waals surface area contributed by atoms with Gasteiger partial charge >= 0.3 is 0 Å². The van der Waals surface area contributed by atoms with Crippen LogP contribution in [0.2, 0.25) is 5.02 Å². The van der Waals surface area contributed by atoms with E-state index in [1.807, 2.05) is 42.5 Å². The van der Waals surface area contributed by atoms with Gasteiger partial charge in [0.25, 0.3) is 0 Å². The Morgan fingerprint density at radius 2 is 1.87 bits per heavy atom. The van der Waals surface area contributed by atoms with Crippen molar-refractivity contribution in [2.75, 3.05) is 19.6 Å². The first-order chi connectivity index (χ1) is 15.1. The Hall–Kier alpha value is -2.95. The lowest BCUT2D eigenvalue weighted by atomic mass is 9.99. The molecule has 156 valence electrons. The van der Waals surface area contributed by atoms with Gasteiger partial charge in [-0.1, -0.05) is 35.9 Å². The standard InChI is InChI=1S/C26H22ClNO3/c27-22-5-3-17(4-6-22)20-7-10-28(16-20)11-8-24(29)19-2-1-18-15-26-23(14-21(18)13-19)25(30)9-12-31-26/h1-6,9,12-15,20H,7-8,10-11,16H2. The first-order valence-electron chi connectivity index (χ1n) is 10.5. The topological polar surface area (TPSA) is 50.5 Å². The van der Waals surface area contributed by atoms with Crippen LogP contribution in [-0.4, -0.2) is 30.3 Å². The summed E-state index contributed by atoms with van der Waals surface area (Å²) in [7, 11) is 0. The number of carbonyl (C=O) groups excluding carboxylic acids is 1. The average molecular weight is 432 g/mol. The molecule has 1 fully saturated rings. The van der Waals surface area contributed by atoms with Crippen molar-refractivity contribution in [3.05, 3.63) is 93.3 Å². The fourth-order valence-electron chi connectivity index (χ4n) is 4.45. The van der Waals surface area contributed by atoms with Crippen LogP contribution in [-0.2, 0) is 0 Å². The number of rotatable bonds is 5. The fourth-order valence-corrected chi connectivity index (χ4v) is 4.57. The molecule has 1 atom stereocenters. The summed E-state index contributed by atoms with van der Waals surface area (Å²) in [4.78, 5) is 27.3. The second kappa shape index (κ2) is 8.29. The van der Waals surface area contributed by atoms with Gasteiger partial charge in [-0.3, -0.25) is 9.59 Å². The SMILES string of the molecule is O=C(CCN1CCC(c2ccc(Cl)cc2)C1)c1ccc2cc3occc(=O)c3cc2c1. The number of hydrogen-bond donors (Lipinski definition) is 0. The van der Waals surface area contributed by atoms with Gasteiger partial charge in [-0.15, -0.1) is 0 Å². The average Bonchev–Trinajstić information content (AvgIpc) is 3.26. The van der Waals surface area contributed by atoms with Crippen LogP contribution in [0.15, 0.2) is 76.1 Å². The van der Waals surface area contributed by atoms with Crippen molar-refractivity contribution in [3.8, 4) is 0 Å². The molecular formula is C26H22ClNO3. The maximum absolute atomic E-state index is 12.8. The number of halogens is 1. The molecule has 0 aliphatic carbocycles. The predicted octanol–water partition coefficient (Wildman–Crippen LogP) is 5.66. The highest BCUT2D eigenvalue weighted by molar-refractivity contribution is 6.30. The van der Waals surface area contributed by atoms with Gasteiger partial charge in [0.05, 0.1) is 11.6 Å². The van der Waals surface area contributed by atoms with E-state index < -0.39 is 0 Å². The minimum atomic E-state index is -0.0795. The molecule has 1 aliphatic heterocycles. The number of Topliss-reactive ketones (excluding diaryl/α,β-unsaturated/α-hetero) is 1. The largest absolute Gasteiger partial charge is 0.464 e. The van der Waals surface area contributed by atoms with Crippen LogP contribution in [0.3, 0.4) is 0 Å². The molecule has 0 N–H and O–H groups in total. The maximum Gasteiger partial charge on any atom is 0.192 e. The van der Waals surface area contributed by atoms with Crippen molar-refractivity contribution >= 4 is 39.1 Å². The van der Waals surface area contributed by atoms with Crippen molar-refractivity contribution in [2.45, 2.75) is 18.8 Å². The van der Waals surface area contributed by atoms with Gasteiger partial charge in [0, 0.05) is 36.2 Å². The zero-order valence-electron chi connectivity index (χ0n) is 17.0. The highest BCUT2D eigenvalue weighted by Gasteiger charge is 2.24. The molecule has 1 aliphatic rings. The second-order valence-electron chi connectivity index (χ2n) is 8.21. The highest BCUT2D eigenvalue weighted by Crippen LogP contribution is 2.28. The van der Waals surface area contributed by atoms with Crippen molar-refractivity contribution in [3.63, 3.8) is 0 Å². The third-order valence-corrected chi connectivity index (χ3v) is 6.46. The van der Waals surface area contributed by atoms with Crippen LogP contribution < -0.4 is 5.43 Å². The summed E-state index contributed by atoms with van der Waals surface area (Å²) < 4.78 is 5.44. The number of ketones is 1. The van der Waals surface area contributed by atoms with E-state index in [1.165, 1.54) is 17.9 Å². The summed E-state index contributed by atoms with van der Waals surface area (Å²) in [6, 6.07) is 18.8. The van der Waals surface area contributed by atoms with Crippen LogP contribution in [0.1, 0.15) is 34.7 Å². The molecule has 4 nitrogen and oxygen atoms in total. The van der Waals surface area contributed by atoms with E-state index >= 15 is 0 Å². The molecule has 4 aromatic rings. The van der Waals surface area contributed by atoms with E-state index in [1.54, 1.807) is 0 Å². The fraction of sp³-hybridized carbons (Fsp3) is 0.231. The zero-order chi connectivity index (χ0) is 21.4. The van der Waals surface area contributed by atoms with E-state index in [-0.39, 0.29) is 11.2 Å². The molecule has 1 aromatic heterocycles. The van der Waals surface area contributed by atoms with Gasteiger partial charge in [0.1, 0.15) is 5.58 Å². The third-order valence-electron chi connectivity index (χ3n) is 6.21. The van der Waals surface area contributed by atoms with E-state index in [9.17, 15) is 9.59 Å². The van der Waals surface area contributed by atoms with Gasteiger partial charge < -0.3 is 9.32 Å². The Morgan fingerprint density at radius 3 is 2.71 bits per heavy atom. The van der Waals surface area contributed by atoms with Crippen molar-refractivity contribution in [1.82, 2.24) is 4.90 Å². The number of hydrogen-bond acceptors (Lipinski definition) is 4. The van der Waals surface area contributed by atoms with Crippen LogP contribution in [0.4, 0.5) is 0 Å². The summed E-state index contributed by atoms with van der Waals surface area (Å²) in [5.74, 6) is 0.616. The van der Waals surface area contributed by atoms with Crippen molar-refractivity contribution < 1.29 is 9.21 Å². The number of benzene rings is 3. The first-order valence-corrected chi connectivity index (χ1v) is 10.9. The van der Waals surface area contributed by atoms with Crippen LogP contribution in [0, 0.1) is 0 Å². The molecule has 31 heavy (non-hydrogen) atoms. The van der Waals surface area contributed by atoms with Crippen LogP contribution in [0.5, 0.6) is 0 Å². The zero-order valence-corrected chi connectivity index (χ0v) is 17.8. The Kier molecular flexibility index (Phi) is 5.34. The molecule has 0 saturated carbocycles. The Balaban J connectivity index is 1.27. The van der Waals surface area contributed by atoms with E-state index in [2.05, 4.69) is 17.0 Å². The molecule has 3 aromatic carbocycles. The second-order valence-corrected chi connectivity index (χ2v) is 8.64. The third kappa shape index (κ3) is 4.14. The number of likely N-dealkylation sites (tertiary alicyclic amines) is 1. The summed E-state index contributed by atoms with van der Waals surface area (Å²) in [5.41, 5.74) is 2.47. The summed E-state index contributed by atoms with van der Waals surface area (Å²) >= 11 is 5.99. The normalized spacial score (nSPS) is 16.9. The van der Waals surface area contributed by atoms with E-state index in [4.69, 9.17) is 16.0 Å². The molecule has 0 spiro atoms. The minimum Gasteiger partial charge on any atom is -0.464 e. The Morgan fingerprint density at radius 1 is 1.03 bits per heavy atom. The molecule has 0 bridgehead atoms. The molecule has 0 radical (unpaired) electrons. The Labute approximate surface area is 185 Å². The first kappa shape index (κ1) is 20.0. The van der Waals surface area contributed by atoms with Crippen LogP contribution >= 0.6 is 11.6 Å². The maximum atomic E-state index is 12.8. The molecule has 2 heterocycles. The summed E-state index contributed by atoms with van der Waals surface area (Å²) in [5, 5.41) is 3.11. The van der Waals surface area contributed by atoms with E-state index in [0.29, 0.717) is 28.9 Å². The number of carbonyl (C=O) groups is 1. The number of nitrogens with zero attached hydrogens (tertiary/aromatic N) is 1. The van der Waals surface area contributed by atoms with Gasteiger partial charge in [-0.25, -0.2) is 0 Å². The van der Waals surface area contributed by atoms with Crippen molar-refractivity contribution in [1.29, 1.82) is 0 Å². The quantitative estimate of drug-likeness (QED) is 0.302. The number of fused-ring (bicyclic) bond motifs is 2. The highest BCUT2D eigenvalue weighted by atomic mass is 35.5. The molecule has 1 saturated heterocycles. The van der Waals surface area contributed by atoms with Gasteiger partial charge in [0.2, 0.25) is 0 Å². The lowest BCUT2D eigenvalue weighted by Crippen LogP contribution is -2.23. The molecule has 5 heteroatoms. The summed E-state index contributed by atoms with van der Waals surface area (Å²) in [6.07, 6.45) is 2.99. The minimum absolute atomic E-state index is 0.0795. The molecule has 1 unspecified atom stereocenters. The van der Waals surface area contributed by atoms with Gasteiger partial charge in [0.15, 0.2) is 11.2 Å². The summed E-state index contributed by atoms with van der Waals surface area (Å²) in [6.45, 7) is 2.72. The smallest absolute Gasteiger partial charge is 0.192 e. The van der Waals surface area contributed by atoms with Crippen LogP contribution in [0.25, 0.3) is 21.7 Å². The lowest BCUT2D eigenvalue weighted by molar-refractivity contribution is 0.0969. The van der Waals surface area contributed by atoms with Gasteiger partial charge in [-0.2, -0.15) is 0 Å². The lowest BCUT2D eigenvalue weighted by Gasteiger charge is -2.16.